The topological polar surface area (TPSA) is 55.4 Å². The number of ether oxygens (including phenoxy) is 1. The van der Waals surface area contributed by atoms with Gasteiger partial charge in [0.15, 0.2) is 0 Å². The standard InChI is InChI=1S/C18H17Cl2NO3S/c1-3-24-18(23)12-4-9-16(15(20)10-12)21-17(22)11(2)25-14-7-5-13(19)6-8-14/h4-11H,3H2,1-2H3,(H,21,22)/t11-/m0/s1. The number of halogens is 2. The smallest absolute Gasteiger partial charge is 0.338 e. The molecule has 0 unspecified atom stereocenters. The van der Waals surface area contributed by atoms with Gasteiger partial charge in [-0.15, -0.1) is 11.8 Å². The second-order valence-electron chi connectivity index (χ2n) is 5.12. The summed E-state index contributed by atoms with van der Waals surface area (Å²) in [7, 11) is 0. The molecule has 0 aliphatic heterocycles. The monoisotopic (exact) mass is 397 g/mol. The van der Waals surface area contributed by atoms with E-state index in [0.717, 1.165) is 4.90 Å². The zero-order chi connectivity index (χ0) is 18.4. The molecule has 0 fully saturated rings. The molecule has 2 aromatic carbocycles. The molecule has 0 aromatic heterocycles. The molecule has 1 N–H and O–H groups in total. The van der Waals surface area contributed by atoms with Crippen molar-refractivity contribution in [1.29, 1.82) is 0 Å². The van der Waals surface area contributed by atoms with Crippen molar-refractivity contribution < 1.29 is 14.3 Å². The van der Waals surface area contributed by atoms with E-state index in [0.29, 0.717) is 16.3 Å². The first-order valence-electron chi connectivity index (χ1n) is 7.60. The molecule has 132 valence electrons. The van der Waals surface area contributed by atoms with Crippen LogP contribution in [0.3, 0.4) is 0 Å². The highest BCUT2D eigenvalue weighted by atomic mass is 35.5. The third kappa shape index (κ3) is 5.66. The van der Waals surface area contributed by atoms with E-state index in [1.54, 1.807) is 38.1 Å². The van der Waals surface area contributed by atoms with Gasteiger partial charge in [0.1, 0.15) is 0 Å². The number of rotatable bonds is 6. The number of benzene rings is 2. The van der Waals surface area contributed by atoms with E-state index in [1.165, 1.54) is 17.8 Å². The zero-order valence-corrected chi connectivity index (χ0v) is 16.0. The number of esters is 1. The quantitative estimate of drug-likeness (QED) is 0.531. The molecule has 2 aromatic rings. The lowest BCUT2D eigenvalue weighted by Crippen LogP contribution is -2.22. The van der Waals surface area contributed by atoms with Gasteiger partial charge in [-0.05, 0) is 56.3 Å². The average molecular weight is 398 g/mol. The maximum Gasteiger partial charge on any atom is 0.338 e. The lowest BCUT2D eigenvalue weighted by molar-refractivity contribution is -0.115. The van der Waals surface area contributed by atoms with Crippen LogP contribution in [0.5, 0.6) is 0 Å². The normalized spacial score (nSPS) is 11.7. The van der Waals surface area contributed by atoms with Crippen LogP contribution < -0.4 is 5.32 Å². The van der Waals surface area contributed by atoms with Crippen LogP contribution >= 0.6 is 35.0 Å². The third-order valence-corrected chi connectivity index (χ3v) is 4.91. The van der Waals surface area contributed by atoms with Gasteiger partial charge in [0.25, 0.3) is 0 Å². The van der Waals surface area contributed by atoms with Crippen molar-refractivity contribution in [2.45, 2.75) is 24.0 Å². The minimum Gasteiger partial charge on any atom is -0.462 e. The SMILES string of the molecule is CCOC(=O)c1ccc(NC(=O)[C@H](C)Sc2ccc(Cl)cc2)c(Cl)c1. The van der Waals surface area contributed by atoms with Crippen LogP contribution in [0.4, 0.5) is 5.69 Å². The van der Waals surface area contributed by atoms with Gasteiger partial charge in [-0.25, -0.2) is 4.79 Å². The number of carbonyl (C=O) groups is 2. The summed E-state index contributed by atoms with van der Waals surface area (Å²) in [5.74, 6) is -0.639. The Hall–Kier alpha value is -1.69. The number of thioether (sulfide) groups is 1. The Morgan fingerprint density at radius 3 is 2.44 bits per heavy atom. The Balaban J connectivity index is 2.01. The highest BCUT2D eigenvalue weighted by Gasteiger charge is 2.17. The van der Waals surface area contributed by atoms with Gasteiger partial charge in [0.05, 0.1) is 28.1 Å². The average Bonchev–Trinajstić information content (AvgIpc) is 2.58. The molecular formula is C18H17Cl2NO3S. The molecule has 2 rings (SSSR count). The fraction of sp³-hybridized carbons (Fsp3) is 0.222. The molecule has 0 heterocycles. The molecule has 1 amide bonds. The number of hydrogen-bond acceptors (Lipinski definition) is 4. The van der Waals surface area contributed by atoms with Crippen LogP contribution in [0.2, 0.25) is 10.0 Å². The predicted molar refractivity (Wildman–Crippen MR) is 103 cm³/mol. The van der Waals surface area contributed by atoms with E-state index in [2.05, 4.69) is 5.32 Å². The summed E-state index contributed by atoms with van der Waals surface area (Å²) in [5, 5.41) is 3.37. The fourth-order valence-electron chi connectivity index (χ4n) is 1.96. The van der Waals surface area contributed by atoms with Crippen LogP contribution in [0.1, 0.15) is 24.2 Å². The Morgan fingerprint density at radius 1 is 1.16 bits per heavy atom. The number of amides is 1. The summed E-state index contributed by atoms with van der Waals surface area (Å²) < 4.78 is 4.92. The van der Waals surface area contributed by atoms with Gasteiger partial charge in [0, 0.05) is 9.92 Å². The van der Waals surface area contributed by atoms with Gasteiger partial charge in [-0.2, -0.15) is 0 Å². The van der Waals surface area contributed by atoms with E-state index in [1.807, 2.05) is 12.1 Å². The first-order valence-corrected chi connectivity index (χ1v) is 9.24. The molecule has 1 atom stereocenters. The van der Waals surface area contributed by atoms with E-state index < -0.39 is 5.97 Å². The number of carbonyl (C=O) groups excluding carboxylic acids is 2. The highest BCUT2D eigenvalue weighted by molar-refractivity contribution is 8.00. The molecule has 0 saturated heterocycles. The van der Waals surface area contributed by atoms with Gasteiger partial charge >= 0.3 is 5.97 Å². The minimum atomic E-state index is -0.450. The van der Waals surface area contributed by atoms with Crippen LogP contribution in [0.15, 0.2) is 47.4 Å². The summed E-state index contributed by atoms with van der Waals surface area (Å²) in [5.41, 5.74) is 0.789. The van der Waals surface area contributed by atoms with E-state index >= 15 is 0 Å². The van der Waals surface area contributed by atoms with Crippen LogP contribution in [0, 0.1) is 0 Å². The van der Waals surface area contributed by atoms with Crippen LogP contribution in [-0.2, 0) is 9.53 Å². The Bertz CT molecular complexity index is 765. The van der Waals surface area contributed by atoms with Crippen molar-refractivity contribution in [1.82, 2.24) is 0 Å². The first-order chi connectivity index (χ1) is 11.9. The summed E-state index contributed by atoms with van der Waals surface area (Å²) in [6.45, 7) is 3.82. The van der Waals surface area contributed by atoms with Gasteiger partial charge in [0.2, 0.25) is 5.91 Å². The number of nitrogens with one attached hydrogen (secondary N) is 1. The lowest BCUT2D eigenvalue weighted by atomic mass is 10.2. The number of hydrogen-bond donors (Lipinski definition) is 1. The summed E-state index contributed by atoms with van der Waals surface area (Å²) in [4.78, 5) is 25.0. The molecular weight excluding hydrogens is 381 g/mol. The maximum atomic E-state index is 12.3. The van der Waals surface area contributed by atoms with Gasteiger partial charge < -0.3 is 10.1 Å². The molecule has 7 heteroatoms. The Kier molecular flexibility index (Phi) is 7.17. The Morgan fingerprint density at radius 2 is 1.84 bits per heavy atom. The van der Waals surface area contributed by atoms with Crippen molar-refractivity contribution in [2.24, 2.45) is 0 Å². The zero-order valence-electron chi connectivity index (χ0n) is 13.7. The molecule has 25 heavy (non-hydrogen) atoms. The van der Waals surface area contributed by atoms with Crippen LogP contribution in [0.25, 0.3) is 0 Å². The van der Waals surface area contributed by atoms with Gasteiger partial charge in [-0.1, -0.05) is 23.2 Å². The maximum absolute atomic E-state index is 12.3. The van der Waals surface area contributed by atoms with E-state index in [-0.39, 0.29) is 22.8 Å². The van der Waals surface area contributed by atoms with Crippen molar-refractivity contribution >= 4 is 52.5 Å². The van der Waals surface area contributed by atoms with Crippen molar-refractivity contribution in [3.8, 4) is 0 Å². The second kappa shape index (κ2) is 9.13. The molecule has 0 saturated carbocycles. The molecule has 0 radical (unpaired) electrons. The predicted octanol–water partition coefficient (Wildman–Crippen LogP) is 5.29. The molecule has 0 aliphatic carbocycles. The van der Waals surface area contributed by atoms with Crippen molar-refractivity contribution in [3.63, 3.8) is 0 Å². The minimum absolute atomic E-state index is 0.189. The molecule has 0 aliphatic rings. The number of anilines is 1. The molecule has 0 bridgehead atoms. The first kappa shape index (κ1) is 19.6. The van der Waals surface area contributed by atoms with E-state index in [9.17, 15) is 9.59 Å². The second-order valence-corrected chi connectivity index (χ2v) is 7.38. The molecule has 0 spiro atoms. The van der Waals surface area contributed by atoms with E-state index in [4.69, 9.17) is 27.9 Å². The van der Waals surface area contributed by atoms with Crippen molar-refractivity contribution in [3.05, 3.63) is 58.1 Å². The summed E-state index contributed by atoms with van der Waals surface area (Å²) in [6.07, 6.45) is 0. The fourth-order valence-corrected chi connectivity index (χ4v) is 3.18. The van der Waals surface area contributed by atoms with Gasteiger partial charge in [-0.3, -0.25) is 4.79 Å². The lowest BCUT2D eigenvalue weighted by Gasteiger charge is -2.13. The largest absolute Gasteiger partial charge is 0.462 e. The van der Waals surface area contributed by atoms with Crippen LogP contribution in [-0.4, -0.2) is 23.7 Å². The molecule has 4 nitrogen and oxygen atoms in total. The summed E-state index contributed by atoms with van der Waals surface area (Å²) >= 11 is 13.4. The summed E-state index contributed by atoms with van der Waals surface area (Å²) in [6, 6.07) is 11.9. The Labute approximate surface area is 160 Å². The van der Waals surface area contributed by atoms with Crippen molar-refractivity contribution in [2.75, 3.05) is 11.9 Å². The highest BCUT2D eigenvalue weighted by Crippen LogP contribution is 2.28. The third-order valence-electron chi connectivity index (χ3n) is 3.23.